The van der Waals surface area contributed by atoms with Gasteiger partial charge in [-0.1, -0.05) is 0 Å². The maximum absolute atomic E-state index is 11.7. The van der Waals surface area contributed by atoms with Crippen LogP contribution in [0.2, 0.25) is 0 Å². The molecule has 2 rings (SSSR count). The Bertz CT molecular complexity index is 401. The molecule has 86 valence electrons. The lowest BCUT2D eigenvalue weighted by Gasteiger charge is -2.10. The molecule has 16 heavy (non-hydrogen) atoms. The quantitative estimate of drug-likeness (QED) is 0.706. The second-order valence-electron chi connectivity index (χ2n) is 4.51. The molecular formula is C12H17N3O. The SMILES string of the molecule is CN(C)Cc1ncc2c(n1)CCCCC2=O. The van der Waals surface area contributed by atoms with E-state index in [0.717, 1.165) is 42.9 Å². The molecule has 0 saturated heterocycles. The predicted octanol–water partition coefficient (Wildman–Crippen LogP) is 1.45. The predicted molar refractivity (Wildman–Crippen MR) is 61.3 cm³/mol. The van der Waals surface area contributed by atoms with Crippen LogP contribution in [-0.4, -0.2) is 34.7 Å². The summed E-state index contributed by atoms with van der Waals surface area (Å²) in [5, 5.41) is 0. The summed E-state index contributed by atoms with van der Waals surface area (Å²) < 4.78 is 0. The number of hydrogen-bond donors (Lipinski definition) is 0. The number of fused-ring (bicyclic) bond motifs is 1. The van der Waals surface area contributed by atoms with Gasteiger partial charge in [-0.25, -0.2) is 9.97 Å². The molecule has 0 N–H and O–H groups in total. The van der Waals surface area contributed by atoms with Crippen LogP contribution in [0, 0.1) is 0 Å². The van der Waals surface area contributed by atoms with Gasteiger partial charge in [-0.05, 0) is 33.4 Å². The molecule has 1 heterocycles. The second-order valence-corrected chi connectivity index (χ2v) is 4.51. The number of hydrogen-bond acceptors (Lipinski definition) is 4. The molecule has 4 nitrogen and oxygen atoms in total. The van der Waals surface area contributed by atoms with Crippen molar-refractivity contribution in [2.75, 3.05) is 14.1 Å². The van der Waals surface area contributed by atoms with E-state index in [1.807, 2.05) is 19.0 Å². The first-order chi connectivity index (χ1) is 7.66. The van der Waals surface area contributed by atoms with Crippen LogP contribution in [0.15, 0.2) is 6.20 Å². The molecule has 1 aliphatic carbocycles. The van der Waals surface area contributed by atoms with Crippen molar-refractivity contribution in [2.45, 2.75) is 32.2 Å². The summed E-state index contributed by atoms with van der Waals surface area (Å²) in [7, 11) is 3.97. The van der Waals surface area contributed by atoms with Gasteiger partial charge in [0.1, 0.15) is 5.82 Å². The summed E-state index contributed by atoms with van der Waals surface area (Å²) in [5.41, 5.74) is 1.68. The maximum atomic E-state index is 11.7. The van der Waals surface area contributed by atoms with Gasteiger partial charge in [0.05, 0.1) is 17.8 Å². The molecular weight excluding hydrogens is 202 g/mol. The van der Waals surface area contributed by atoms with E-state index >= 15 is 0 Å². The molecule has 0 unspecified atom stereocenters. The van der Waals surface area contributed by atoms with Crippen molar-refractivity contribution in [1.82, 2.24) is 14.9 Å². The Hall–Kier alpha value is -1.29. The molecule has 0 saturated carbocycles. The number of carbonyl (C=O) groups is 1. The fourth-order valence-corrected chi connectivity index (χ4v) is 1.95. The van der Waals surface area contributed by atoms with Crippen molar-refractivity contribution < 1.29 is 4.79 Å². The third kappa shape index (κ3) is 2.44. The summed E-state index contributed by atoms with van der Waals surface area (Å²) >= 11 is 0. The average Bonchev–Trinajstić information content (AvgIpc) is 2.40. The largest absolute Gasteiger partial charge is 0.302 e. The van der Waals surface area contributed by atoms with Gasteiger partial charge in [-0.15, -0.1) is 0 Å². The fourth-order valence-electron chi connectivity index (χ4n) is 1.95. The topological polar surface area (TPSA) is 46.1 Å². The molecule has 0 bridgehead atoms. The lowest BCUT2D eigenvalue weighted by atomic mass is 10.1. The van der Waals surface area contributed by atoms with Gasteiger partial charge in [0, 0.05) is 12.6 Å². The van der Waals surface area contributed by atoms with Crippen LogP contribution >= 0.6 is 0 Å². The van der Waals surface area contributed by atoms with Crippen molar-refractivity contribution in [3.8, 4) is 0 Å². The van der Waals surface area contributed by atoms with Crippen molar-refractivity contribution in [1.29, 1.82) is 0 Å². The zero-order valence-electron chi connectivity index (χ0n) is 9.86. The third-order valence-corrected chi connectivity index (χ3v) is 2.74. The molecule has 0 amide bonds. The van der Waals surface area contributed by atoms with Gasteiger partial charge in [0.15, 0.2) is 5.78 Å². The minimum Gasteiger partial charge on any atom is -0.302 e. The highest BCUT2D eigenvalue weighted by atomic mass is 16.1. The summed E-state index contributed by atoms with van der Waals surface area (Å²) in [4.78, 5) is 22.5. The van der Waals surface area contributed by atoms with Crippen LogP contribution in [0.5, 0.6) is 0 Å². The summed E-state index contributed by atoms with van der Waals surface area (Å²) in [5.74, 6) is 1.00. The monoisotopic (exact) mass is 219 g/mol. The van der Waals surface area contributed by atoms with Gasteiger partial charge in [-0.3, -0.25) is 4.79 Å². The average molecular weight is 219 g/mol. The third-order valence-electron chi connectivity index (χ3n) is 2.74. The number of aryl methyl sites for hydroxylation is 1. The Labute approximate surface area is 95.7 Å². The molecule has 0 aliphatic heterocycles. The molecule has 0 spiro atoms. The zero-order chi connectivity index (χ0) is 11.5. The minimum absolute atomic E-state index is 0.198. The van der Waals surface area contributed by atoms with Crippen LogP contribution in [0.3, 0.4) is 0 Å². The molecule has 0 aromatic carbocycles. The van der Waals surface area contributed by atoms with Gasteiger partial charge in [-0.2, -0.15) is 0 Å². The Morgan fingerprint density at radius 2 is 2.06 bits per heavy atom. The Morgan fingerprint density at radius 1 is 1.31 bits per heavy atom. The van der Waals surface area contributed by atoms with E-state index < -0.39 is 0 Å². The molecule has 0 atom stereocenters. The molecule has 1 aliphatic rings. The van der Waals surface area contributed by atoms with E-state index in [2.05, 4.69) is 9.97 Å². The van der Waals surface area contributed by atoms with Gasteiger partial charge < -0.3 is 4.90 Å². The number of ketones is 1. The van der Waals surface area contributed by atoms with Gasteiger partial charge in [0.25, 0.3) is 0 Å². The fraction of sp³-hybridized carbons (Fsp3) is 0.583. The molecule has 0 radical (unpaired) electrons. The van der Waals surface area contributed by atoms with Gasteiger partial charge in [0.2, 0.25) is 0 Å². The summed E-state index contributed by atoms with van der Waals surface area (Å²) in [6.45, 7) is 0.724. The first-order valence-electron chi connectivity index (χ1n) is 5.69. The lowest BCUT2D eigenvalue weighted by Crippen LogP contribution is -2.15. The van der Waals surface area contributed by atoms with E-state index in [9.17, 15) is 4.79 Å². The zero-order valence-corrected chi connectivity index (χ0v) is 9.86. The molecule has 4 heteroatoms. The molecule has 0 fully saturated rings. The normalized spacial score (nSPS) is 16.1. The smallest absolute Gasteiger partial charge is 0.166 e. The van der Waals surface area contributed by atoms with E-state index in [1.54, 1.807) is 6.20 Å². The first-order valence-corrected chi connectivity index (χ1v) is 5.69. The van der Waals surface area contributed by atoms with Crippen LogP contribution in [-0.2, 0) is 13.0 Å². The number of aromatic nitrogens is 2. The van der Waals surface area contributed by atoms with Crippen molar-refractivity contribution in [2.24, 2.45) is 0 Å². The number of carbonyl (C=O) groups excluding carboxylic acids is 1. The summed E-state index contributed by atoms with van der Waals surface area (Å²) in [6.07, 6.45) is 5.28. The van der Waals surface area contributed by atoms with Crippen molar-refractivity contribution >= 4 is 5.78 Å². The molecule has 1 aromatic rings. The molecule has 1 aromatic heterocycles. The minimum atomic E-state index is 0.198. The Balaban J connectivity index is 2.30. The van der Waals surface area contributed by atoms with E-state index in [-0.39, 0.29) is 5.78 Å². The second kappa shape index (κ2) is 4.70. The van der Waals surface area contributed by atoms with Crippen LogP contribution < -0.4 is 0 Å². The van der Waals surface area contributed by atoms with E-state index in [0.29, 0.717) is 6.42 Å². The Morgan fingerprint density at radius 3 is 2.81 bits per heavy atom. The highest BCUT2D eigenvalue weighted by Crippen LogP contribution is 2.18. The van der Waals surface area contributed by atoms with Crippen molar-refractivity contribution in [3.05, 3.63) is 23.3 Å². The van der Waals surface area contributed by atoms with Gasteiger partial charge >= 0.3 is 0 Å². The maximum Gasteiger partial charge on any atom is 0.166 e. The number of Topliss-reactive ketones (excluding diaryl/α,β-unsaturated/α-hetero) is 1. The lowest BCUT2D eigenvalue weighted by molar-refractivity contribution is 0.0981. The van der Waals surface area contributed by atoms with E-state index in [4.69, 9.17) is 0 Å². The van der Waals surface area contributed by atoms with E-state index in [1.165, 1.54) is 0 Å². The number of nitrogens with zero attached hydrogens (tertiary/aromatic N) is 3. The highest BCUT2D eigenvalue weighted by Gasteiger charge is 2.17. The standard InChI is InChI=1S/C12H17N3O/c1-15(2)8-12-13-7-9-10(14-12)5-3-4-6-11(9)16/h7H,3-6,8H2,1-2H3. The summed E-state index contributed by atoms with van der Waals surface area (Å²) in [6, 6.07) is 0. The van der Waals surface area contributed by atoms with Crippen molar-refractivity contribution in [3.63, 3.8) is 0 Å². The van der Waals surface area contributed by atoms with Crippen LogP contribution in [0.4, 0.5) is 0 Å². The van der Waals surface area contributed by atoms with Crippen LogP contribution in [0.1, 0.15) is 41.1 Å². The van der Waals surface area contributed by atoms with Crippen LogP contribution in [0.25, 0.3) is 0 Å². The highest BCUT2D eigenvalue weighted by molar-refractivity contribution is 5.97. The first kappa shape index (κ1) is 11.2. The number of rotatable bonds is 2. The Kier molecular flexibility index (Phi) is 3.29.